The summed E-state index contributed by atoms with van der Waals surface area (Å²) in [5.74, 6) is -0.0727. The zero-order chi connectivity index (χ0) is 12.4. The standard InChI is InChI=1S/C11H13BrN2O2S/c1-2-8-11(16)14(6-10(15)13-8)5-9-7(12)3-4-17-9/h3-4,8H,2,5-6H2,1H3,(H,13,15). The van der Waals surface area contributed by atoms with Gasteiger partial charge in [0.25, 0.3) is 0 Å². The fourth-order valence-corrected chi connectivity index (χ4v) is 3.29. The average Bonchev–Trinajstić information content (AvgIpc) is 2.69. The quantitative estimate of drug-likeness (QED) is 0.923. The fourth-order valence-electron chi connectivity index (χ4n) is 1.80. The van der Waals surface area contributed by atoms with Gasteiger partial charge >= 0.3 is 0 Å². The molecule has 1 aromatic heterocycles. The zero-order valence-corrected chi connectivity index (χ0v) is 11.8. The molecule has 0 spiro atoms. The number of amides is 2. The highest BCUT2D eigenvalue weighted by Gasteiger charge is 2.31. The molecule has 1 fully saturated rings. The van der Waals surface area contributed by atoms with E-state index in [4.69, 9.17) is 0 Å². The van der Waals surface area contributed by atoms with Crippen LogP contribution in [0.2, 0.25) is 0 Å². The van der Waals surface area contributed by atoms with E-state index >= 15 is 0 Å². The van der Waals surface area contributed by atoms with Gasteiger partial charge in [0, 0.05) is 9.35 Å². The van der Waals surface area contributed by atoms with Crippen LogP contribution in [0.4, 0.5) is 0 Å². The van der Waals surface area contributed by atoms with Crippen molar-refractivity contribution in [2.75, 3.05) is 6.54 Å². The van der Waals surface area contributed by atoms with Gasteiger partial charge in [0.15, 0.2) is 0 Å². The predicted octanol–water partition coefficient (Wildman–Crippen LogP) is 1.75. The minimum Gasteiger partial charge on any atom is -0.343 e. The molecule has 1 saturated heterocycles. The fraction of sp³-hybridized carbons (Fsp3) is 0.455. The van der Waals surface area contributed by atoms with Crippen molar-refractivity contribution in [1.29, 1.82) is 0 Å². The molecule has 0 saturated carbocycles. The second kappa shape index (κ2) is 5.18. The third-order valence-corrected chi connectivity index (χ3v) is 4.62. The molecule has 0 radical (unpaired) electrons. The summed E-state index contributed by atoms with van der Waals surface area (Å²) >= 11 is 5.02. The van der Waals surface area contributed by atoms with Crippen LogP contribution in [0.5, 0.6) is 0 Å². The molecule has 17 heavy (non-hydrogen) atoms. The topological polar surface area (TPSA) is 49.4 Å². The zero-order valence-electron chi connectivity index (χ0n) is 9.40. The molecule has 2 amide bonds. The van der Waals surface area contributed by atoms with Gasteiger partial charge in [-0.3, -0.25) is 9.59 Å². The molecule has 1 atom stereocenters. The first-order chi connectivity index (χ1) is 8.11. The van der Waals surface area contributed by atoms with Gasteiger partial charge < -0.3 is 10.2 Å². The summed E-state index contributed by atoms with van der Waals surface area (Å²) in [4.78, 5) is 26.2. The predicted molar refractivity (Wildman–Crippen MR) is 69.7 cm³/mol. The highest BCUT2D eigenvalue weighted by molar-refractivity contribution is 9.10. The van der Waals surface area contributed by atoms with Crippen LogP contribution in [0, 0.1) is 0 Å². The molecule has 1 unspecified atom stereocenters. The van der Waals surface area contributed by atoms with Crippen molar-refractivity contribution < 1.29 is 9.59 Å². The van der Waals surface area contributed by atoms with Crippen molar-refractivity contribution in [2.45, 2.75) is 25.9 Å². The summed E-state index contributed by atoms with van der Waals surface area (Å²) in [5.41, 5.74) is 0. The van der Waals surface area contributed by atoms with Gasteiger partial charge in [-0.2, -0.15) is 0 Å². The van der Waals surface area contributed by atoms with Crippen LogP contribution in [0.25, 0.3) is 0 Å². The normalized spacial score (nSPS) is 20.6. The largest absolute Gasteiger partial charge is 0.343 e. The van der Waals surface area contributed by atoms with Gasteiger partial charge in [-0.25, -0.2) is 0 Å². The molecule has 4 nitrogen and oxygen atoms in total. The number of nitrogens with zero attached hydrogens (tertiary/aromatic N) is 1. The maximum Gasteiger partial charge on any atom is 0.245 e. The monoisotopic (exact) mass is 316 g/mol. The molecule has 6 heteroatoms. The van der Waals surface area contributed by atoms with Crippen molar-refractivity contribution in [3.8, 4) is 0 Å². The molecule has 0 bridgehead atoms. The molecule has 1 aliphatic heterocycles. The molecule has 1 aromatic rings. The Kier molecular flexibility index (Phi) is 3.83. The van der Waals surface area contributed by atoms with E-state index in [1.54, 1.807) is 16.2 Å². The van der Waals surface area contributed by atoms with Crippen molar-refractivity contribution in [3.05, 3.63) is 20.8 Å². The lowest BCUT2D eigenvalue weighted by molar-refractivity contribution is -0.144. The maximum absolute atomic E-state index is 12.0. The number of hydrogen-bond acceptors (Lipinski definition) is 3. The molecule has 2 rings (SSSR count). The van der Waals surface area contributed by atoms with E-state index in [1.165, 1.54) is 0 Å². The van der Waals surface area contributed by atoms with Gasteiger partial charge in [0.1, 0.15) is 6.04 Å². The van der Waals surface area contributed by atoms with E-state index in [1.807, 2.05) is 18.4 Å². The van der Waals surface area contributed by atoms with Crippen molar-refractivity contribution in [1.82, 2.24) is 10.2 Å². The van der Waals surface area contributed by atoms with Crippen LogP contribution in [0.3, 0.4) is 0 Å². The lowest BCUT2D eigenvalue weighted by atomic mass is 10.1. The van der Waals surface area contributed by atoms with Crippen LogP contribution >= 0.6 is 27.3 Å². The molecule has 2 heterocycles. The Bertz CT molecular complexity index is 446. The number of carbonyl (C=O) groups excluding carboxylic acids is 2. The Morgan fingerprint density at radius 2 is 2.35 bits per heavy atom. The molecule has 1 aliphatic rings. The highest BCUT2D eigenvalue weighted by Crippen LogP contribution is 2.24. The molecule has 0 aromatic carbocycles. The Hall–Kier alpha value is -0.880. The van der Waals surface area contributed by atoms with Gasteiger partial charge in [0.2, 0.25) is 11.8 Å². The van der Waals surface area contributed by atoms with Gasteiger partial charge in [-0.1, -0.05) is 6.92 Å². The number of halogens is 1. The third-order valence-electron chi connectivity index (χ3n) is 2.71. The van der Waals surface area contributed by atoms with E-state index in [0.29, 0.717) is 13.0 Å². The van der Waals surface area contributed by atoms with Crippen LogP contribution in [-0.4, -0.2) is 29.3 Å². The average molecular weight is 317 g/mol. The Morgan fingerprint density at radius 3 is 2.94 bits per heavy atom. The Morgan fingerprint density at radius 1 is 1.59 bits per heavy atom. The SMILES string of the molecule is CCC1NC(=O)CN(Cc2sccc2Br)C1=O. The first kappa shape index (κ1) is 12.6. The number of hydrogen-bond donors (Lipinski definition) is 1. The van der Waals surface area contributed by atoms with E-state index < -0.39 is 0 Å². The number of nitrogens with one attached hydrogen (secondary N) is 1. The first-order valence-corrected chi connectivity index (χ1v) is 7.09. The summed E-state index contributed by atoms with van der Waals surface area (Å²) in [7, 11) is 0. The van der Waals surface area contributed by atoms with Gasteiger partial charge in [-0.15, -0.1) is 11.3 Å². The van der Waals surface area contributed by atoms with Crippen molar-refractivity contribution in [2.24, 2.45) is 0 Å². The molecule has 1 N–H and O–H groups in total. The molecular weight excluding hydrogens is 304 g/mol. The van der Waals surface area contributed by atoms with E-state index in [2.05, 4.69) is 21.2 Å². The van der Waals surface area contributed by atoms with Crippen molar-refractivity contribution >= 4 is 39.1 Å². The van der Waals surface area contributed by atoms with Gasteiger partial charge in [-0.05, 0) is 33.8 Å². The van der Waals surface area contributed by atoms with Crippen molar-refractivity contribution in [3.63, 3.8) is 0 Å². The lowest BCUT2D eigenvalue weighted by Crippen LogP contribution is -2.57. The molecule has 0 aliphatic carbocycles. The number of rotatable bonds is 3. The number of carbonyl (C=O) groups is 2. The summed E-state index contributed by atoms with van der Waals surface area (Å²) < 4.78 is 0.995. The summed E-state index contributed by atoms with van der Waals surface area (Å²) in [6.07, 6.45) is 0.632. The molecular formula is C11H13BrN2O2S. The second-order valence-electron chi connectivity index (χ2n) is 3.91. The highest BCUT2D eigenvalue weighted by atomic mass is 79.9. The Balaban J connectivity index is 2.12. The van der Waals surface area contributed by atoms with Crippen LogP contribution in [0.1, 0.15) is 18.2 Å². The molecule has 92 valence electrons. The van der Waals surface area contributed by atoms with E-state index in [0.717, 1.165) is 9.35 Å². The third kappa shape index (κ3) is 2.69. The summed E-state index contributed by atoms with van der Waals surface area (Å²) in [6.45, 7) is 2.55. The lowest BCUT2D eigenvalue weighted by Gasteiger charge is -2.31. The van der Waals surface area contributed by atoms with Crippen LogP contribution in [-0.2, 0) is 16.1 Å². The maximum atomic E-state index is 12.0. The first-order valence-electron chi connectivity index (χ1n) is 5.41. The summed E-state index contributed by atoms with van der Waals surface area (Å²) in [5, 5.41) is 4.67. The number of thiophene rings is 1. The van der Waals surface area contributed by atoms with E-state index in [9.17, 15) is 9.59 Å². The minimum absolute atomic E-state index is 0.00685. The second-order valence-corrected chi connectivity index (χ2v) is 5.77. The summed E-state index contributed by atoms with van der Waals surface area (Å²) in [6, 6.07) is 1.58. The smallest absolute Gasteiger partial charge is 0.245 e. The van der Waals surface area contributed by atoms with Crippen LogP contribution in [0.15, 0.2) is 15.9 Å². The van der Waals surface area contributed by atoms with Gasteiger partial charge in [0.05, 0.1) is 13.1 Å². The Labute approximate surface area is 112 Å². The number of piperazine rings is 1. The minimum atomic E-state index is -0.366. The van der Waals surface area contributed by atoms with E-state index in [-0.39, 0.29) is 24.4 Å². The van der Waals surface area contributed by atoms with Crippen LogP contribution < -0.4 is 5.32 Å².